The van der Waals surface area contributed by atoms with Crippen molar-refractivity contribution < 1.29 is 54.3 Å². The Kier molecular flexibility index (Phi) is 11.8. The molecule has 0 saturated carbocycles. The van der Waals surface area contributed by atoms with E-state index in [4.69, 9.17) is 21.1 Å². The Morgan fingerprint density at radius 3 is 1.66 bits per heavy atom. The maximum Gasteiger partial charge on any atom is 0.328 e. The fourth-order valence-electron chi connectivity index (χ4n) is 2.36. The van der Waals surface area contributed by atoms with Crippen LogP contribution in [0, 0.1) is 0 Å². The number of rotatable bonds is 14. The summed E-state index contributed by atoms with van der Waals surface area (Å²) in [5.41, 5.74) is 5.53. The Morgan fingerprint density at radius 1 is 0.750 bits per heavy atom. The molecule has 0 heterocycles. The highest BCUT2D eigenvalue weighted by Crippen LogP contribution is 2.03. The number of nitrogens with one attached hydrogen (secondary N) is 3. The van der Waals surface area contributed by atoms with E-state index in [1.807, 2.05) is 10.6 Å². The van der Waals surface area contributed by atoms with Crippen molar-refractivity contribution in [2.24, 2.45) is 5.73 Å². The van der Waals surface area contributed by atoms with E-state index in [1.165, 1.54) is 0 Å². The second kappa shape index (κ2) is 13.2. The molecule has 15 nitrogen and oxygen atoms in total. The van der Waals surface area contributed by atoms with Gasteiger partial charge in [-0.1, -0.05) is 0 Å². The van der Waals surface area contributed by atoms with Crippen LogP contribution in [0.3, 0.4) is 0 Å². The summed E-state index contributed by atoms with van der Waals surface area (Å²) in [6.07, 6.45) is -4.77. The van der Waals surface area contributed by atoms with Crippen LogP contribution in [0.2, 0.25) is 0 Å². The van der Waals surface area contributed by atoms with E-state index >= 15 is 0 Å². The first-order valence-corrected chi connectivity index (χ1v) is 9.36. The summed E-state index contributed by atoms with van der Waals surface area (Å²) < 4.78 is 0. The van der Waals surface area contributed by atoms with Gasteiger partial charge in [-0.25, -0.2) is 4.79 Å². The normalized spacial score (nSPS) is 16.4. The molecule has 0 radical (unpaired) electrons. The predicted octanol–water partition coefficient (Wildman–Crippen LogP) is -4.05. The van der Waals surface area contributed by atoms with Gasteiger partial charge in [0.05, 0.1) is 24.7 Å². The molecule has 15 heteroatoms. The van der Waals surface area contributed by atoms with Gasteiger partial charge in [0.15, 0.2) is 6.04 Å². The zero-order valence-electron chi connectivity index (χ0n) is 17.3. The molecular weight excluding hydrogens is 436 g/mol. The van der Waals surface area contributed by atoms with Crippen molar-refractivity contribution in [2.75, 3.05) is 0 Å². The lowest BCUT2D eigenvalue weighted by Gasteiger charge is -2.26. The second-order valence-corrected chi connectivity index (χ2v) is 6.99. The van der Waals surface area contributed by atoms with Crippen LogP contribution in [0.5, 0.6) is 0 Å². The number of aliphatic hydroxyl groups excluding tert-OH is 2. The Morgan fingerprint density at radius 2 is 1.25 bits per heavy atom. The number of hydrogen-bond acceptors (Lipinski definition) is 9. The standard InChI is InChI=1S/C17H28N4O11/c1-6(22)12(20-14(28)8(18)3-4-10(24)25)16(30)19-9(5-11(26)27)15(29)21-13(7(2)23)17(31)32/h6-9,12-13,22-23H,3-5,18H2,1-2H3,(H,19,30)(H,20,28)(H,21,29)(H,24,25)(H,26,27)(H,31,32). The zero-order valence-corrected chi connectivity index (χ0v) is 17.3. The van der Waals surface area contributed by atoms with Crippen LogP contribution in [-0.2, 0) is 28.8 Å². The van der Waals surface area contributed by atoms with Gasteiger partial charge in [-0.05, 0) is 20.3 Å². The van der Waals surface area contributed by atoms with Gasteiger partial charge in [0.1, 0.15) is 12.1 Å². The molecular formula is C17H28N4O11. The highest BCUT2D eigenvalue weighted by Gasteiger charge is 2.34. The Labute approximate surface area is 182 Å². The third-order valence-electron chi connectivity index (χ3n) is 4.13. The molecule has 6 unspecified atom stereocenters. The zero-order chi connectivity index (χ0) is 25.2. The van der Waals surface area contributed by atoms with Crippen molar-refractivity contribution in [3.63, 3.8) is 0 Å². The van der Waals surface area contributed by atoms with Crippen LogP contribution in [0.4, 0.5) is 0 Å². The number of aliphatic hydroxyl groups is 2. The Hall–Kier alpha value is -3.30. The number of aliphatic carboxylic acids is 3. The maximum absolute atomic E-state index is 12.5. The third kappa shape index (κ3) is 10.1. The molecule has 3 amide bonds. The van der Waals surface area contributed by atoms with Gasteiger partial charge in [-0.2, -0.15) is 0 Å². The monoisotopic (exact) mass is 464 g/mol. The number of carbonyl (C=O) groups is 6. The van der Waals surface area contributed by atoms with Crippen LogP contribution in [0.15, 0.2) is 0 Å². The number of carboxylic acids is 3. The summed E-state index contributed by atoms with van der Waals surface area (Å²) in [5.74, 6) is -7.78. The molecule has 6 atom stereocenters. The van der Waals surface area contributed by atoms with Gasteiger partial charge in [-0.3, -0.25) is 24.0 Å². The first-order chi connectivity index (χ1) is 14.7. The smallest absolute Gasteiger partial charge is 0.328 e. The number of nitrogens with two attached hydrogens (primary N) is 1. The quantitative estimate of drug-likeness (QED) is 0.119. The predicted molar refractivity (Wildman–Crippen MR) is 104 cm³/mol. The van der Waals surface area contributed by atoms with Crippen LogP contribution < -0.4 is 21.7 Å². The van der Waals surface area contributed by atoms with Crippen LogP contribution in [-0.4, -0.2) is 97.5 Å². The summed E-state index contributed by atoms with van der Waals surface area (Å²) >= 11 is 0. The molecule has 0 aliphatic rings. The molecule has 0 fully saturated rings. The van der Waals surface area contributed by atoms with Crippen molar-refractivity contribution in [3.05, 3.63) is 0 Å². The van der Waals surface area contributed by atoms with Crippen LogP contribution >= 0.6 is 0 Å². The van der Waals surface area contributed by atoms with E-state index < -0.39 is 84.8 Å². The van der Waals surface area contributed by atoms with Gasteiger partial charge >= 0.3 is 17.9 Å². The number of carbonyl (C=O) groups excluding carboxylic acids is 3. The first-order valence-electron chi connectivity index (χ1n) is 9.36. The highest BCUT2D eigenvalue weighted by atomic mass is 16.4. The SMILES string of the molecule is CC(O)C(NC(=O)C(CC(=O)O)NC(=O)C(NC(=O)C(N)CCC(=O)O)C(C)O)C(=O)O. The highest BCUT2D eigenvalue weighted by molar-refractivity contribution is 5.96. The molecule has 182 valence electrons. The second-order valence-electron chi connectivity index (χ2n) is 6.99. The molecule has 0 rings (SSSR count). The van der Waals surface area contributed by atoms with Gasteiger partial charge in [0, 0.05) is 6.42 Å². The van der Waals surface area contributed by atoms with Crippen molar-refractivity contribution in [2.45, 2.75) is 69.5 Å². The molecule has 32 heavy (non-hydrogen) atoms. The van der Waals surface area contributed by atoms with E-state index in [2.05, 4.69) is 5.32 Å². The molecule has 0 aliphatic carbocycles. The van der Waals surface area contributed by atoms with E-state index in [0.717, 1.165) is 13.8 Å². The van der Waals surface area contributed by atoms with E-state index in [0.29, 0.717) is 0 Å². The Bertz CT molecular complexity index is 725. The van der Waals surface area contributed by atoms with Gasteiger partial charge in [0.2, 0.25) is 17.7 Å². The molecule has 0 spiro atoms. The summed E-state index contributed by atoms with van der Waals surface area (Å²) in [7, 11) is 0. The topological polar surface area (TPSA) is 266 Å². The van der Waals surface area contributed by atoms with E-state index in [1.54, 1.807) is 0 Å². The summed E-state index contributed by atoms with van der Waals surface area (Å²) in [6.45, 7) is 2.17. The lowest BCUT2D eigenvalue weighted by molar-refractivity contribution is -0.146. The average Bonchev–Trinajstić information content (AvgIpc) is 2.65. The largest absolute Gasteiger partial charge is 0.481 e. The molecule has 0 aromatic rings. The number of carboxylic acid groups (broad SMARTS) is 3. The molecule has 0 saturated heterocycles. The van der Waals surface area contributed by atoms with Gasteiger partial charge in [0.25, 0.3) is 0 Å². The molecule has 0 aromatic heterocycles. The number of hydrogen-bond donors (Lipinski definition) is 9. The van der Waals surface area contributed by atoms with Crippen molar-refractivity contribution in [1.29, 1.82) is 0 Å². The van der Waals surface area contributed by atoms with Gasteiger partial charge in [-0.15, -0.1) is 0 Å². The summed E-state index contributed by atoms with van der Waals surface area (Å²) in [4.78, 5) is 69.6. The van der Waals surface area contributed by atoms with Crippen LogP contribution in [0.1, 0.15) is 33.1 Å². The maximum atomic E-state index is 12.5. The van der Waals surface area contributed by atoms with Crippen molar-refractivity contribution in [3.8, 4) is 0 Å². The molecule has 0 bridgehead atoms. The number of amides is 3. The molecule has 0 aliphatic heterocycles. The lowest BCUT2D eigenvalue weighted by Crippen LogP contribution is -2.60. The third-order valence-corrected chi connectivity index (χ3v) is 4.13. The minimum atomic E-state index is -1.82. The average molecular weight is 464 g/mol. The van der Waals surface area contributed by atoms with Crippen LogP contribution in [0.25, 0.3) is 0 Å². The lowest BCUT2D eigenvalue weighted by atomic mass is 10.1. The van der Waals surface area contributed by atoms with E-state index in [9.17, 15) is 39.0 Å². The Balaban J connectivity index is 5.41. The minimum Gasteiger partial charge on any atom is -0.481 e. The molecule has 0 aromatic carbocycles. The minimum absolute atomic E-state index is 0.269. The summed E-state index contributed by atoms with van der Waals surface area (Å²) in [6, 6.07) is -6.65. The van der Waals surface area contributed by atoms with E-state index in [-0.39, 0.29) is 6.42 Å². The fourth-order valence-corrected chi connectivity index (χ4v) is 2.36. The van der Waals surface area contributed by atoms with Crippen molar-refractivity contribution in [1.82, 2.24) is 16.0 Å². The summed E-state index contributed by atoms with van der Waals surface area (Å²) in [5, 5.41) is 51.9. The van der Waals surface area contributed by atoms with Crippen molar-refractivity contribution >= 4 is 35.6 Å². The first kappa shape index (κ1) is 28.7. The van der Waals surface area contributed by atoms with Gasteiger partial charge < -0.3 is 47.2 Å². The molecule has 10 N–H and O–H groups in total. The fraction of sp³-hybridized carbons (Fsp3) is 0.647.